The second-order valence-corrected chi connectivity index (χ2v) is 8.28. The molecule has 172 valence electrons. The van der Waals surface area contributed by atoms with Crippen LogP contribution in [0, 0.1) is 5.92 Å². The molecule has 2 atom stereocenters. The molecule has 2 saturated heterocycles. The molecular weight excluding hydrogens is 408 g/mol. The number of likely N-dealkylation sites (tertiary alicyclic amines) is 1. The third-order valence-electron chi connectivity index (χ3n) is 6.46. The van der Waals surface area contributed by atoms with Crippen molar-refractivity contribution in [3.63, 3.8) is 0 Å². The first-order valence-corrected chi connectivity index (χ1v) is 11.0. The van der Waals surface area contributed by atoms with Crippen molar-refractivity contribution >= 4 is 11.7 Å². The number of ether oxygens (including phenoxy) is 3. The number of hydrogen-bond acceptors (Lipinski definition) is 6. The van der Waals surface area contributed by atoms with E-state index in [2.05, 4.69) is 28.3 Å². The van der Waals surface area contributed by atoms with Gasteiger partial charge in [0.05, 0.1) is 21.3 Å². The van der Waals surface area contributed by atoms with E-state index in [9.17, 15) is 4.79 Å². The summed E-state index contributed by atoms with van der Waals surface area (Å²) >= 11 is 0. The van der Waals surface area contributed by atoms with Crippen LogP contribution in [0.5, 0.6) is 17.2 Å². The molecule has 2 aromatic carbocycles. The highest BCUT2D eigenvalue weighted by molar-refractivity contribution is 5.89. The fourth-order valence-corrected chi connectivity index (χ4v) is 4.59. The van der Waals surface area contributed by atoms with Crippen LogP contribution in [0.25, 0.3) is 0 Å². The molecule has 2 unspecified atom stereocenters. The zero-order valence-electron chi connectivity index (χ0n) is 18.9. The van der Waals surface area contributed by atoms with E-state index in [-0.39, 0.29) is 12.1 Å². The number of hydrazine groups is 1. The molecule has 2 aliphatic heterocycles. The molecule has 0 spiro atoms. The zero-order valence-corrected chi connectivity index (χ0v) is 18.9. The highest BCUT2D eigenvalue weighted by Gasteiger charge is 2.34. The first-order chi connectivity index (χ1) is 15.6. The Labute approximate surface area is 189 Å². The highest BCUT2D eigenvalue weighted by atomic mass is 16.5. The van der Waals surface area contributed by atoms with Crippen molar-refractivity contribution in [1.82, 2.24) is 15.8 Å². The molecule has 2 aliphatic rings. The fourth-order valence-electron chi connectivity index (χ4n) is 4.59. The number of urea groups is 1. The lowest BCUT2D eigenvalue weighted by molar-refractivity contribution is 0.169. The van der Waals surface area contributed by atoms with Gasteiger partial charge in [0.25, 0.3) is 0 Å². The molecule has 2 aromatic rings. The Morgan fingerprint density at radius 2 is 1.75 bits per heavy atom. The van der Waals surface area contributed by atoms with Crippen molar-refractivity contribution in [2.45, 2.75) is 31.3 Å². The van der Waals surface area contributed by atoms with Gasteiger partial charge in [0.2, 0.25) is 0 Å². The lowest BCUT2D eigenvalue weighted by Crippen LogP contribution is -2.45. The summed E-state index contributed by atoms with van der Waals surface area (Å²) in [7, 11) is 4.87. The van der Waals surface area contributed by atoms with Crippen molar-refractivity contribution in [2.75, 3.05) is 39.7 Å². The van der Waals surface area contributed by atoms with Crippen molar-refractivity contribution in [3.8, 4) is 17.2 Å². The van der Waals surface area contributed by atoms with Gasteiger partial charge in [0, 0.05) is 36.9 Å². The van der Waals surface area contributed by atoms with Crippen LogP contribution in [0.15, 0.2) is 42.5 Å². The van der Waals surface area contributed by atoms with Crippen molar-refractivity contribution < 1.29 is 19.0 Å². The number of rotatable bonds is 6. The number of nitrogens with one attached hydrogen (secondary N) is 3. The molecule has 0 aliphatic carbocycles. The van der Waals surface area contributed by atoms with Crippen molar-refractivity contribution in [1.29, 1.82) is 0 Å². The van der Waals surface area contributed by atoms with E-state index in [1.807, 2.05) is 23.1 Å². The second-order valence-electron chi connectivity index (χ2n) is 8.28. The maximum absolute atomic E-state index is 12.7. The van der Waals surface area contributed by atoms with E-state index >= 15 is 0 Å². The fraction of sp³-hybridized carbons (Fsp3) is 0.458. The largest absolute Gasteiger partial charge is 0.497 e. The number of piperidine rings is 1. The predicted molar refractivity (Wildman–Crippen MR) is 123 cm³/mol. The van der Waals surface area contributed by atoms with E-state index in [1.54, 1.807) is 33.5 Å². The Kier molecular flexibility index (Phi) is 7.02. The van der Waals surface area contributed by atoms with Crippen LogP contribution in [0.4, 0.5) is 10.5 Å². The van der Waals surface area contributed by atoms with Gasteiger partial charge >= 0.3 is 6.03 Å². The molecule has 4 rings (SSSR count). The SMILES string of the molecule is COc1cccc(C2CC(C3CCN(C(=O)Nc4ccc(OC)c(OC)c4)CC3)NN2)c1. The first-order valence-electron chi connectivity index (χ1n) is 11.0. The van der Waals surface area contributed by atoms with Gasteiger partial charge < -0.3 is 24.4 Å². The smallest absolute Gasteiger partial charge is 0.321 e. The molecule has 32 heavy (non-hydrogen) atoms. The zero-order chi connectivity index (χ0) is 22.5. The lowest BCUT2D eigenvalue weighted by Gasteiger charge is -2.34. The molecule has 3 N–H and O–H groups in total. The van der Waals surface area contributed by atoms with E-state index in [0.717, 1.165) is 38.1 Å². The minimum atomic E-state index is -0.0811. The van der Waals surface area contributed by atoms with E-state index in [4.69, 9.17) is 14.2 Å². The second kappa shape index (κ2) is 10.1. The van der Waals surface area contributed by atoms with Gasteiger partial charge in [-0.25, -0.2) is 4.79 Å². The molecule has 0 radical (unpaired) electrons. The third-order valence-corrected chi connectivity index (χ3v) is 6.46. The topological polar surface area (TPSA) is 84.1 Å². The summed E-state index contributed by atoms with van der Waals surface area (Å²) in [5.74, 6) is 2.63. The number of methoxy groups -OCH3 is 3. The van der Waals surface area contributed by atoms with E-state index in [1.165, 1.54) is 5.56 Å². The van der Waals surface area contributed by atoms with Gasteiger partial charge in [0.1, 0.15) is 5.75 Å². The summed E-state index contributed by atoms with van der Waals surface area (Å²) in [6.45, 7) is 1.48. The van der Waals surface area contributed by atoms with E-state index < -0.39 is 0 Å². The normalized spacial score (nSPS) is 21.3. The summed E-state index contributed by atoms with van der Waals surface area (Å²) in [6, 6.07) is 14.2. The van der Waals surface area contributed by atoms with Gasteiger partial charge in [-0.3, -0.25) is 10.9 Å². The Balaban J connectivity index is 1.28. The van der Waals surface area contributed by atoms with Crippen molar-refractivity contribution in [2.24, 2.45) is 5.92 Å². The van der Waals surface area contributed by atoms with Gasteiger partial charge in [-0.2, -0.15) is 0 Å². The van der Waals surface area contributed by atoms with Crippen LogP contribution in [0.3, 0.4) is 0 Å². The van der Waals surface area contributed by atoms with Gasteiger partial charge in [-0.15, -0.1) is 0 Å². The molecule has 8 nitrogen and oxygen atoms in total. The van der Waals surface area contributed by atoms with Crippen LogP contribution in [0.1, 0.15) is 30.9 Å². The molecule has 0 bridgehead atoms. The maximum Gasteiger partial charge on any atom is 0.321 e. The summed E-state index contributed by atoms with van der Waals surface area (Å²) in [5, 5.41) is 2.97. The lowest BCUT2D eigenvalue weighted by atomic mass is 9.86. The van der Waals surface area contributed by atoms with Crippen LogP contribution in [-0.4, -0.2) is 51.4 Å². The monoisotopic (exact) mass is 440 g/mol. The van der Waals surface area contributed by atoms with Gasteiger partial charge in [-0.05, 0) is 55.0 Å². The van der Waals surface area contributed by atoms with E-state index in [0.29, 0.717) is 29.1 Å². The minimum absolute atomic E-state index is 0.0811. The quantitative estimate of drug-likeness (QED) is 0.637. The highest BCUT2D eigenvalue weighted by Crippen LogP contribution is 2.33. The van der Waals surface area contributed by atoms with Crippen molar-refractivity contribution in [3.05, 3.63) is 48.0 Å². The van der Waals surface area contributed by atoms with Crippen LogP contribution in [-0.2, 0) is 0 Å². The molecular formula is C24H32N4O4. The Bertz CT molecular complexity index is 930. The standard InChI is InChI=1S/C24H32N4O4/c1-30-19-6-4-5-17(13-19)21-15-20(26-27-21)16-9-11-28(12-10-16)24(29)25-18-7-8-22(31-2)23(14-18)32-3/h4-8,13-14,16,20-21,26-27H,9-12,15H2,1-3H3,(H,25,29). The van der Waals surface area contributed by atoms with Crippen LogP contribution < -0.4 is 30.4 Å². The number of amides is 2. The Morgan fingerprint density at radius 1 is 0.969 bits per heavy atom. The number of anilines is 1. The number of carbonyl (C=O) groups excluding carboxylic acids is 1. The molecule has 2 heterocycles. The average Bonchev–Trinajstić information content (AvgIpc) is 3.34. The van der Waals surface area contributed by atoms with Gasteiger partial charge in [0.15, 0.2) is 11.5 Å². The third kappa shape index (κ3) is 4.92. The van der Waals surface area contributed by atoms with Crippen LogP contribution in [0.2, 0.25) is 0 Å². The number of carbonyl (C=O) groups is 1. The Hall–Kier alpha value is -2.97. The maximum atomic E-state index is 12.7. The number of hydrogen-bond donors (Lipinski definition) is 3. The van der Waals surface area contributed by atoms with Crippen LogP contribution >= 0.6 is 0 Å². The molecule has 2 fully saturated rings. The summed E-state index contributed by atoms with van der Waals surface area (Å²) < 4.78 is 15.9. The summed E-state index contributed by atoms with van der Waals surface area (Å²) in [5.41, 5.74) is 8.84. The number of benzene rings is 2. The molecule has 0 saturated carbocycles. The van der Waals surface area contributed by atoms with Gasteiger partial charge in [-0.1, -0.05) is 12.1 Å². The number of nitrogens with zero attached hydrogens (tertiary/aromatic N) is 1. The predicted octanol–water partition coefficient (Wildman–Crippen LogP) is 3.56. The average molecular weight is 441 g/mol. The first kappa shape index (κ1) is 22.2. The molecule has 8 heteroatoms. The molecule has 0 aromatic heterocycles. The summed E-state index contributed by atoms with van der Waals surface area (Å²) in [6.07, 6.45) is 2.97. The molecule has 2 amide bonds. The Morgan fingerprint density at radius 3 is 2.47 bits per heavy atom. The summed E-state index contributed by atoms with van der Waals surface area (Å²) in [4.78, 5) is 14.6. The minimum Gasteiger partial charge on any atom is -0.497 e.